The fraction of sp³-hybridized carbons (Fsp3) is 0.625. The zero-order valence-corrected chi connectivity index (χ0v) is 8.40. The predicted octanol–water partition coefficient (Wildman–Crippen LogP) is 1.97. The van der Waals surface area contributed by atoms with Gasteiger partial charge in [0.1, 0.15) is 0 Å². The first-order valence-corrected chi connectivity index (χ1v) is 4.59. The summed E-state index contributed by atoms with van der Waals surface area (Å²) in [5.74, 6) is -0.213. The minimum atomic E-state index is -1.29. The lowest BCUT2D eigenvalue weighted by Gasteiger charge is -2.27. The maximum Gasteiger partial charge on any atom is 0.258 e. The van der Waals surface area contributed by atoms with E-state index in [2.05, 4.69) is 0 Å². The van der Waals surface area contributed by atoms with Gasteiger partial charge in [-0.25, -0.2) is 0 Å². The van der Waals surface area contributed by atoms with Crippen molar-refractivity contribution in [1.29, 1.82) is 0 Å². The SMILES string of the molecule is CC(Cl)(Cl)C(=O)N1CC=CCC1. The summed E-state index contributed by atoms with van der Waals surface area (Å²) in [4.78, 5) is 13.1. The van der Waals surface area contributed by atoms with Gasteiger partial charge in [-0.2, -0.15) is 0 Å². The van der Waals surface area contributed by atoms with Crippen molar-refractivity contribution < 1.29 is 4.79 Å². The lowest BCUT2D eigenvalue weighted by Crippen LogP contribution is -2.42. The molecule has 1 aliphatic rings. The maximum atomic E-state index is 11.4. The van der Waals surface area contributed by atoms with Crippen molar-refractivity contribution in [3.8, 4) is 0 Å². The van der Waals surface area contributed by atoms with Crippen LogP contribution >= 0.6 is 23.2 Å². The Morgan fingerprint density at radius 1 is 1.50 bits per heavy atom. The van der Waals surface area contributed by atoms with E-state index in [1.54, 1.807) is 4.90 Å². The molecule has 0 unspecified atom stereocenters. The van der Waals surface area contributed by atoms with E-state index in [0.717, 1.165) is 6.42 Å². The van der Waals surface area contributed by atoms with E-state index in [1.807, 2.05) is 12.2 Å². The minimum Gasteiger partial charge on any atom is -0.336 e. The summed E-state index contributed by atoms with van der Waals surface area (Å²) in [6.45, 7) is 2.83. The summed E-state index contributed by atoms with van der Waals surface area (Å²) in [6.07, 6.45) is 4.88. The molecule has 0 aliphatic carbocycles. The quantitative estimate of drug-likeness (QED) is 0.476. The molecular formula is C8H11Cl2NO. The highest BCUT2D eigenvalue weighted by Gasteiger charge is 2.31. The summed E-state index contributed by atoms with van der Waals surface area (Å²) in [5, 5.41) is 0. The van der Waals surface area contributed by atoms with Crippen LogP contribution in [0.15, 0.2) is 12.2 Å². The van der Waals surface area contributed by atoms with Crippen molar-refractivity contribution in [2.45, 2.75) is 17.7 Å². The average molecular weight is 208 g/mol. The number of rotatable bonds is 1. The molecular weight excluding hydrogens is 197 g/mol. The third-order valence-corrected chi connectivity index (χ3v) is 2.04. The fourth-order valence-electron chi connectivity index (χ4n) is 1.10. The Morgan fingerprint density at radius 3 is 2.58 bits per heavy atom. The Labute approximate surface area is 82.1 Å². The molecule has 0 spiro atoms. The van der Waals surface area contributed by atoms with Gasteiger partial charge in [0, 0.05) is 13.1 Å². The molecule has 0 N–H and O–H groups in total. The zero-order valence-electron chi connectivity index (χ0n) is 6.89. The van der Waals surface area contributed by atoms with Gasteiger partial charge in [0.15, 0.2) is 4.33 Å². The van der Waals surface area contributed by atoms with Gasteiger partial charge in [-0.05, 0) is 13.3 Å². The van der Waals surface area contributed by atoms with E-state index < -0.39 is 4.33 Å². The molecule has 0 bridgehead atoms. The van der Waals surface area contributed by atoms with Gasteiger partial charge in [0.2, 0.25) is 0 Å². The number of nitrogens with zero attached hydrogens (tertiary/aromatic N) is 1. The Bertz CT molecular complexity index is 208. The van der Waals surface area contributed by atoms with Crippen molar-refractivity contribution in [2.75, 3.05) is 13.1 Å². The van der Waals surface area contributed by atoms with Gasteiger partial charge in [0.05, 0.1) is 0 Å². The maximum absolute atomic E-state index is 11.4. The van der Waals surface area contributed by atoms with Crippen molar-refractivity contribution >= 4 is 29.1 Å². The molecule has 1 heterocycles. The lowest BCUT2D eigenvalue weighted by molar-refractivity contribution is -0.131. The first-order chi connectivity index (χ1) is 5.52. The molecule has 0 aromatic heterocycles. The lowest BCUT2D eigenvalue weighted by atomic mass is 10.2. The van der Waals surface area contributed by atoms with Crippen LogP contribution in [-0.4, -0.2) is 28.2 Å². The summed E-state index contributed by atoms with van der Waals surface area (Å²) >= 11 is 11.3. The molecule has 1 rings (SSSR count). The molecule has 4 heteroatoms. The fourth-order valence-corrected chi connectivity index (χ4v) is 1.34. The van der Waals surface area contributed by atoms with E-state index in [9.17, 15) is 4.79 Å². The number of hydrogen-bond donors (Lipinski definition) is 0. The molecule has 0 atom stereocenters. The van der Waals surface area contributed by atoms with Crippen LogP contribution in [0.25, 0.3) is 0 Å². The molecule has 12 heavy (non-hydrogen) atoms. The van der Waals surface area contributed by atoms with E-state index in [-0.39, 0.29) is 5.91 Å². The normalized spacial score (nSPS) is 18.1. The monoisotopic (exact) mass is 207 g/mol. The first-order valence-electron chi connectivity index (χ1n) is 3.84. The summed E-state index contributed by atoms with van der Waals surface area (Å²) in [5.41, 5.74) is 0. The predicted molar refractivity (Wildman–Crippen MR) is 50.4 cm³/mol. The number of hydrogen-bond acceptors (Lipinski definition) is 1. The van der Waals surface area contributed by atoms with E-state index in [0.29, 0.717) is 13.1 Å². The van der Waals surface area contributed by atoms with Crippen LogP contribution in [0.1, 0.15) is 13.3 Å². The van der Waals surface area contributed by atoms with Gasteiger partial charge in [-0.15, -0.1) is 0 Å². The molecule has 0 radical (unpaired) electrons. The van der Waals surface area contributed by atoms with Gasteiger partial charge in [-0.1, -0.05) is 35.4 Å². The summed E-state index contributed by atoms with van der Waals surface area (Å²) in [6, 6.07) is 0. The Morgan fingerprint density at radius 2 is 2.17 bits per heavy atom. The molecule has 1 aliphatic heterocycles. The first kappa shape index (κ1) is 9.87. The van der Waals surface area contributed by atoms with Gasteiger partial charge >= 0.3 is 0 Å². The van der Waals surface area contributed by atoms with Crippen molar-refractivity contribution in [3.05, 3.63) is 12.2 Å². The summed E-state index contributed by atoms with van der Waals surface area (Å²) in [7, 11) is 0. The molecule has 0 fully saturated rings. The van der Waals surface area contributed by atoms with E-state index in [4.69, 9.17) is 23.2 Å². The topological polar surface area (TPSA) is 20.3 Å². The number of carbonyl (C=O) groups is 1. The number of amides is 1. The molecule has 0 aromatic rings. The Hall–Kier alpha value is -0.210. The van der Waals surface area contributed by atoms with Gasteiger partial charge < -0.3 is 4.90 Å². The molecule has 0 aromatic carbocycles. The second kappa shape index (κ2) is 3.67. The molecule has 1 amide bonds. The Kier molecular flexibility index (Phi) is 3.02. The van der Waals surface area contributed by atoms with Crippen molar-refractivity contribution in [3.63, 3.8) is 0 Å². The van der Waals surface area contributed by atoms with Crippen LogP contribution in [0.2, 0.25) is 0 Å². The van der Waals surface area contributed by atoms with Crippen LogP contribution in [0, 0.1) is 0 Å². The van der Waals surface area contributed by atoms with Gasteiger partial charge in [0.25, 0.3) is 5.91 Å². The third-order valence-electron chi connectivity index (χ3n) is 1.72. The van der Waals surface area contributed by atoms with Crippen LogP contribution in [0.4, 0.5) is 0 Å². The van der Waals surface area contributed by atoms with Gasteiger partial charge in [-0.3, -0.25) is 4.79 Å². The summed E-state index contributed by atoms with van der Waals surface area (Å²) < 4.78 is -1.29. The standard InChI is InChI=1S/C8H11Cl2NO/c1-8(9,10)7(12)11-5-3-2-4-6-11/h2-3H,4-6H2,1H3. The second-order valence-electron chi connectivity index (χ2n) is 2.90. The molecule has 0 saturated heterocycles. The second-order valence-corrected chi connectivity index (χ2v) is 4.60. The number of halogens is 2. The zero-order chi connectivity index (χ0) is 9.19. The molecule has 0 saturated carbocycles. The number of carbonyl (C=O) groups excluding carboxylic acids is 1. The minimum absolute atomic E-state index is 0.213. The third kappa shape index (κ3) is 2.39. The van der Waals surface area contributed by atoms with Crippen molar-refractivity contribution in [1.82, 2.24) is 4.90 Å². The average Bonchev–Trinajstić information content (AvgIpc) is 2.03. The molecule has 68 valence electrons. The smallest absolute Gasteiger partial charge is 0.258 e. The van der Waals surface area contributed by atoms with Crippen LogP contribution in [0.3, 0.4) is 0 Å². The number of alkyl halides is 2. The largest absolute Gasteiger partial charge is 0.336 e. The van der Waals surface area contributed by atoms with E-state index >= 15 is 0 Å². The van der Waals surface area contributed by atoms with Crippen LogP contribution < -0.4 is 0 Å². The molecule has 2 nitrogen and oxygen atoms in total. The van der Waals surface area contributed by atoms with Crippen LogP contribution in [-0.2, 0) is 4.79 Å². The van der Waals surface area contributed by atoms with Crippen LogP contribution in [0.5, 0.6) is 0 Å². The highest BCUT2D eigenvalue weighted by Crippen LogP contribution is 2.23. The highest BCUT2D eigenvalue weighted by molar-refractivity contribution is 6.57. The van der Waals surface area contributed by atoms with E-state index in [1.165, 1.54) is 6.92 Å². The van der Waals surface area contributed by atoms with Crippen molar-refractivity contribution in [2.24, 2.45) is 0 Å². The Balaban J connectivity index is 2.59. The highest BCUT2D eigenvalue weighted by atomic mass is 35.5.